The third kappa shape index (κ3) is 2.12. The van der Waals surface area contributed by atoms with Crippen molar-refractivity contribution in [3.8, 4) is 0 Å². The van der Waals surface area contributed by atoms with E-state index in [9.17, 15) is 9.90 Å². The highest BCUT2D eigenvalue weighted by Crippen LogP contribution is 2.34. The second-order valence-electron chi connectivity index (χ2n) is 4.52. The van der Waals surface area contributed by atoms with Crippen molar-refractivity contribution in [1.29, 1.82) is 0 Å². The molecule has 1 unspecified atom stereocenters. The highest BCUT2D eigenvalue weighted by molar-refractivity contribution is 5.98. The Labute approximate surface area is 111 Å². The van der Waals surface area contributed by atoms with Crippen molar-refractivity contribution in [2.75, 3.05) is 17.2 Å². The van der Waals surface area contributed by atoms with Crippen LogP contribution >= 0.6 is 0 Å². The number of carboxylic acid groups (broad SMARTS) is 1. The van der Waals surface area contributed by atoms with Gasteiger partial charge in [0.15, 0.2) is 0 Å². The number of para-hydroxylation sites is 1. The standard InChI is InChI=1S/C15H14N2O2/c18-15(19)11-7-4-8-12-14(11)17-13(9-16-12)10-5-2-1-3-6-10/h1-8,13,16-17H,9H2,(H,18,19). The maximum absolute atomic E-state index is 11.2. The summed E-state index contributed by atoms with van der Waals surface area (Å²) in [6.45, 7) is 0.736. The molecule has 19 heavy (non-hydrogen) atoms. The van der Waals surface area contributed by atoms with E-state index in [1.807, 2.05) is 36.4 Å². The van der Waals surface area contributed by atoms with Crippen LogP contribution in [-0.2, 0) is 0 Å². The van der Waals surface area contributed by atoms with E-state index in [1.165, 1.54) is 0 Å². The van der Waals surface area contributed by atoms with Gasteiger partial charge in [-0.1, -0.05) is 36.4 Å². The topological polar surface area (TPSA) is 61.4 Å². The van der Waals surface area contributed by atoms with Gasteiger partial charge >= 0.3 is 5.97 Å². The molecule has 1 aliphatic heterocycles. The minimum atomic E-state index is -0.917. The second-order valence-corrected chi connectivity index (χ2v) is 4.52. The number of hydrogen-bond acceptors (Lipinski definition) is 3. The highest BCUT2D eigenvalue weighted by atomic mass is 16.4. The summed E-state index contributed by atoms with van der Waals surface area (Å²) in [5.74, 6) is -0.917. The first-order valence-corrected chi connectivity index (χ1v) is 6.17. The monoisotopic (exact) mass is 254 g/mol. The zero-order chi connectivity index (χ0) is 13.2. The normalized spacial score (nSPS) is 16.9. The zero-order valence-corrected chi connectivity index (χ0v) is 10.3. The number of carbonyl (C=O) groups is 1. The van der Waals surface area contributed by atoms with E-state index >= 15 is 0 Å². The first kappa shape index (κ1) is 11.6. The predicted octanol–water partition coefficient (Wildman–Crippen LogP) is 2.96. The van der Waals surface area contributed by atoms with Crippen LogP contribution in [0.1, 0.15) is 22.0 Å². The minimum absolute atomic E-state index is 0.0780. The summed E-state index contributed by atoms with van der Waals surface area (Å²) < 4.78 is 0. The molecule has 4 nitrogen and oxygen atoms in total. The summed E-state index contributed by atoms with van der Waals surface area (Å²) in [5.41, 5.74) is 2.94. The van der Waals surface area contributed by atoms with Crippen LogP contribution in [0.25, 0.3) is 0 Å². The molecule has 0 fully saturated rings. The van der Waals surface area contributed by atoms with Crippen LogP contribution in [0.2, 0.25) is 0 Å². The van der Waals surface area contributed by atoms with Crippen molar-refractivity contribution in [2.45, 2.75) is 6.04 Å². The van der Waals surface area contributed by atoms with E-state index in [2.05, 4.69) is 10.6 Å². The lowest BCUT2D eigenvalue weighted by Gasteiger charge is -2.29. The Morgan fingerprint density at radius 1 is 1.11 bits per heavy atom. The van der Waals surface area contributed by atoms with E-state index in [-0.39, 0.29) is 6.04 Å². The fourth-order valence-electron chi connectivity index (χ4n) is 2.36. The van der Waals surface area contributed by atoms with Crippen LogP contribution in [0, 0.1) is 0 Å². The Morgan fingerprint density at radius 3 is 2.63 bits per heavy atom. The largest absolute Gasteiger partial charge is 0.478 e. The van der Waals surface area contributed by atoms with Gasteiger partial charge in [0.05, 0.1) is 23.0 Å². The maximum atomic E-state index is 11.2. The molecular formula is C15H14N2O2. The summed E-state index contributed by atoms with van der Waals surface area (Å²) in [4.78, 5) is 11.2. The van der Waals surface area contributed by atoms with Crippen molar-refractivity contribution in [3.63, 3.8) is 0 Å². The molecule has 1 atom stereocenters. The first-order chi connectivity index (χ1) is 9.25. The van der Waals surface area contributed by atoms with Gasteiger partial charge in [-0.25, -0.2) is 4.79 Å². The van der Waals surface area contributed by atoms with Crippen LogP contribution in [-0.4, -0.2) is 17.6 Å². The van der Waals surface area contributed by atoms with E-state index in [0.717, 1.165) is 17.8 Å². The van der Waals surface area contributed by atoms with Gasteiger partial charge in [0, 0.05) is 6.54 Å². The van der Waals surface area contributed by atoms with Gasteiger partial charge in [0.25, 0.3) is 0 Å². The van der Waals surface area contributed by atoms with Crippen LogP contribution in [0.4, 0.5) is 11.4 Å². The molecule has 0 amide bonds. The van der Waals surface area contributed by atoms with Gasteiger partial charge in [0.1, 0.15) is 0 Å². The van der Waals surface area contributed by atoms with E-state index < -0.39 is 5.97 Å². The molecule has 1 aliphatic rings. The number of anilines is 2. The second kappa shape index (κ2) is 4.65. The first-order valence-electron chi connectivity index (χ1n) is 6.17. The number of carboxylic acids is 1. The van der Waals surface area contributed by atoms with E-state index in [4.69, 9.17) is 0 Å². The molecule has 2 aromatic rings. The average molecular weight is 254 g/mol. The lowest BCUT2D eigenvalue weighted by Crippen LogP contribution is -2.27. The van der Waals surface area contributed by atoms with Crippen molar-refractivity contribution in [2.24, 2.45) is 0 Å². The lowest BCUT2D eigenvalue weighted by atomic mass is 10.0. The summed E-state index contributed by atoms with van der Waals surface area (Å²) >= 11 is 0. The smallest absolute Gasteiger partial charge is 0.337 e. The molecule has 96 valence electrons. The van der Waals surface area contributed by atoms with Crippen molar-refractivity contribution < 1.29 is 9.90 Å². The van der Waals surface area contributed by atoms with Crippen LogP contribution in [0.3, 0.4) is 0 Å². The molecule has 1 heterocycles. The molecule has 0 radical (unpaired) electrons. The number of rotatable bonds is 2. The third-order valence-corrected chi connectivity index (χ3v) is 3.31. The van der Waals surface area contributed by atoms with Gasteiger partial charge in [-0.15, -0.1) is 0 Å². The average Bonchev–Trinajstić information content (AvgIpc) is 2.47. The molecule has 0 spiro atoms. The van der Waals surface area contributed by atoms with Gasteiger partial charge in [-0.2, -0.15) is 0 Å². The molecule has 2 aromatic carbocycles. The fourth-order valence-corrected chi connectivity index (χ4v) is 2.36. The lowest BCUT2D eigenvalue weighted by molar-refractivity contribution is 0.0698. The summed E-state index contributed by atoms with van der Waals surface area (Å²) in [7, 11) is 0. The van der Waals surface area contributed by atoms with Crippen LogP contribution in [0.15, 0.2) is 48.5 Å². The number of benzene rings is 2. The fraction of sp³-hybridized carbons (Fsp3) is 0.133. The summed E-state index contributed by atoms with van der Waals surface area (Å²) in [5, 5.41) is 15.8. The van der Waals surface area contributed by atoms with E-state index in [0.29, 0.717) is 11.3 Å². The SMILES string of the molecule is O=C(O)c1cccc2c1NC(c1ccccc1)CN2. The third-order valence-electron chi connectivity index (χ3n) is 3.31. The summed E-state index contributed by atoms with van der Waals surface area (Å²) in [6.07, 6.45) is 0. The van der Waals surface area contributed by atoms with Gasteiger partial charge in [0.2, 0.25) is 0 Å². The Kier molecular flexibility index (Phi) is 2.83. The number of hydrogen-bond donors (Lipinski definition) is 3. The quantitative estimate of drug-likeness (QED) is 0.771. The molecular weight excluding hydrogens is 240 g/mol. The Bertz CT molecular complexity index is 611. The maximum Gasteiger partial charge on any atom is 0.337 e. The van der Waals surface area contributed by atoms with Crippen LogP contribution < -0.4 is 10.6 Å². The van der Waals surface area contributed by atoms with Crippen LogP contribution in [0.5, 0.6) is 0 Å². The molecule has 3 N–H and O–H groups in total. The molecule has 0 aliphatic carbocycles. The Balaban J connectivity index is 1.97. The molecule has 0 bridgehead atoms. The van der Waals surface area contributed by atoms with Gasteiger partial charge in [-0.05, 0) is 17.7 Å². The number of nitrogens with one attached hydrogen (secondary N) is 2. The van der Waals surface area contributed by atoms with E-state index in [1.54, 1.807) is 12.1 Å². The van der Waals surface area contributed by atoms with Crippen molar-refractivity contribution >= 4 is 17.3 Å². The van der Waals surface area contributed by atoms with Crippen molar-refractivity contribution in [3.05, 3.63) is 59.7 Å². The molecule has 0 saturated heterocycles. The molecule has 0 aromatic heterocycles. The van der Waals surface area contributed by atoms with Gasteiger partial charge < -0.3 is 15.7 Å². The highest BCUT2D eigenvalue weighted by Gasteiger charge is 2.22. The minimum Gasteiger partial charge on any atom is -0.478 e. The number of aromatic carboxylic acids is 1. The molecule has 4 heteroatoms. The predicted molar refractivity (Wildman–Crippen MR) is 74.7 cm³/mol. The zero-order valence-electron chi connectivity index (χ0n) is 10.3. The Hall–Kier alpha value is -2.49. The Morgan fingerprint density at radius 2 is 1.89 bits per heavy atom. The van der Waals surface area contributed by atoms with Gasteiger partial charge in [-0.3, -0.25) is 0 Å². The molecule has 0 saturated carbocycles. The summed E-state index contributed by atoms with van der Waals surface area (Å²) in [6, 6.07) is 15.3. The van der Waals surface area contributed by atoms with Crippen molar-refractivity contribution in [1.82, 2.24) is 0 Å². The number of fused-ring (bicyclic) bond motifs is 1. The molecule has 3 rings (SSSR count).